The van der Waals surface area contributed by atoms with E-state index in [1.165, 1.54) is 30.3 Å². The summed E-state index contributed by atoms with van der Waals surface area (Å²) in [6.45, 7) is 4.64. The van der Waals surface area contributed by atoms with Crippen LogP contribution in [0.1, 0.15) is 38.8 Å². The third kappa shape index (κ3) is 4.67. The minimum Gasteiger partial charge on any atom is -0.611 e. The molecule has 3 heterocycles. The molecule has 1 atom stereocenters. The van der Waals surface area contributed by atoms with E-state index in [0.717, 1.165) is 0 Å². The Morgan fingerprint density at radius 1 is 1.34 bits per heavy atom. The zero-order valence-electron chi connectivity index (χ0n) is 16.5. The number of carbonyl (C=O) groups is 1. The van der Waals surface area contributed by atoms with E-state index in [0.29, 0.717) is 31.6 Å². The molecule has 1 N–H and O–H groups in total. The summed E-state index contributed by atoms with van der Waals surface area (Å²) in [6, 6.07) is 1.42. The van der Waals surface area contributed by atoms with Crippen molar-refractivity contribution in [3.05, 3.63) is 30.4 Å². The number of amides is 2. The molecule has 29 heavy (non-hydrogen) atoms. The number of rotatable bonds is 5. The van der Waals surface area contributed by atoms with Crippen LogP contribution in [0.2, 0.25) is 0 Å². The molecule has 3 rings (SSSR count). The maximum absolute atomic E-state index is 13.3. The summed E-state index contributed by atoms with van der Waals surface area (Å²) in [6.07, 6.45) is 2.84. The first-order chi connectivity index (χ1) is 13.7. The third-order valence-electron chi connectivity index (χ3n) is 5.31. The molecular weight excluding hydrogens is 402 g/mol. The lowest BCUT2D eigenvalue weighted by atomic mass is 9.86. The van der Waals surface area contributed by atoms with Crippen molar-refractivity contribution >= 4 is 22.9 Å². The predicted molar refractivity (Wildman–Crippen MR) is 104 cm³/mol. The fourth-order valence-electron chi connectivity index (χ4n) is 3.56. The zero-order chi connectivity index (χ0) is 21.2. The summed E-state index contributed by atoms with van der Waals surface area (Å²) in [4.78, 5) is 14.2. The van der Waals surface area contributed by atoms with Gasteiger partial charge < -0.3 is 14.8 Å². The van der Waals surface area contributed by atoms with E-state index in [1.54, 1.807) is 11.0 Å². The molecule has 2 aromatic heterocycles. The number of likely N-dealkylation sites (tertiary alicyclic amines) is 1. The van der Waals surface area contributed by atoms with E-state index in [1.807, 2.05) is 13.8 Å². The van der Waals surface area contributed by atoms with Crippen molar-refractivity contribution in [3.63, 3.8) is 0 Å². The number of anilines is 1. The predicted octanol–water partition coefficient (Wildman–Crippen LogP) is 2.98. The summed E-state index contributed by atoms with van der Waals surface area (Å²) in [5.41, 5.74) is 0.131. The van der Waals surface area contributed by atoms with Crippen LogP contribution >= 0.6 is 0 Å². The Morgan fingerprint density at radius 2 is 2.03 bits per heavy atom. The smallest absolute Gasteiger partial charge is 0.321 e. The van der Waals surface area contributed by atoms with Crippen molar-refractivity contribution in [2.24, 2.45) is 13.0 Å². The standard InChI is InChI=1S/C18H24F2N6O2S/c1-18(2,29(28)14-11-25(3)24-15(14)16(19)20)12-5-8-26(9-6-12)17(27)23-13-4-7-21-22-10-13/h4,7,10-12,16H,5-6,8-9H2,1-3H3,(H,21,23,27). The normalized spacial score (nSPS) is 16.9. The molecule has 8 nitrogen and oxygen atoms in total. The van der Waals surface area contributed by atoms with Gasteiger partial charge in [-0.1, -0.05) is 0 Å². The van der Waals surface area contributed by atoms with Gasteiger partial charge in [-0.2, -0.15) is 15.3 Å². The number of aryl methyl sites for hydroxylation is 1. The average Bonchev–Trinajstić information content (AvgIpc) is 3.10. The molecule has 1 unspecified atom stereocenters. The Kier molecular flexibility index (Phi) is 6.37. The third-order valence-corrected chi connectivity index (χ3v) is 7.31. The second kappa shape index (κ2) is 8.62. The van der Waals surface area contributed by atoms with Gasteiger partial charge in [0.05, 0.1) is 24.3 Å². The van der Waals surface area contributed by atoms with Crippen LogP contribution in [0.25, 0.3) is 0 Å². The number of alkyl halides is 2. The minimum atomic E-state index is -2.78. The van der Waals surface area contributed by atoms with Crippen LogP contribution in [0.4, 0.5) is 19.3 Å². The first-order valence-electron chi connectivity index (χ1n) is 9.26. The first kappa shape index (κ1) is 21.4. The topological polar surface area (TPSA) is 99.0 Å². The molecular formula is C18H24F2N6O2S. The summed E-state index contributed by atoms with van der Waals surface area (Å²) in [5.74, 6) is 0.0145. The Balaban J connectivity index is 1.64. The maximum atomic E-state index is 13.3. The van der Waals surface area contributed by atoms with Crippen LogP contribution in [0.3, 0.4) is 0 Å². The van der Waals surface area contributed by atoms with Gasteiger partial charge in [0.15, 0.2) is 10.6 Å². The van der Waals surface area contributed by atoms with Gasteiger partial charge in [-0.15, -0.1) is 0 Å². The molecule has 2 aromatic rings. The summed E-state index contributed by atoms with van der Waals surface area (Å²) < 4.78 is 40.3. The first-order valence-corrected chi connectivity index (χ1v) is 10.4. The Bertz CT molecular complexity index is 840. The second-order valence-corrected chi connectivity index (χ2v) is 9.58. The monoisotopic (exact) mass is 426 g/mol. The lowest BCUT2D eigenvalue weighted by Gasteiger charge is -2.40. The lowest BCUT2D eigenvalue weighted by Crippen LogP contribution is -2.48. The highest BCUT2D eigenvalue weighted by molar-refractivity contribution is 7.92. The van der Waals surface area contributed by atoms with E-state index in [9.17, 15) is 18.1 Å². The molecule has 0 bridgehead atoms. The molecule has 0 aromatic carbocycles. The van der Waals surface area contributed by atoms with Crippen molar-refractivity contribution in [2.75, 3.05) is 18.4 Å². The molecule has 0 spiro atoms. The van der Waals surface area contributed by atoms with Crippen molar-refractivity contribution in [2.45, 2.75) is 42.8 Å². The number of hydrogen-bond donors (Lipinski definition) is 1. The molecule has 1 saturated heterocycles. The van der Waals surface area contributed by atoms with Crippen LogP contribution in [0.15, 0.2) is 29.6 Å². The van der Waals surface area contributed by atoms with Crippen LogP contribution in [-0.2, 0) is 18.2 Å². The number of hydrogen-bond acceptors (Lipinski definition) is 5. The summed E-state index contributed by atoms with van der Waals surface area (Å²) in [7, 11) is 1.54. The van der Waals surface area contributed by atoms with Gasteiger partial charge in [0.25, 0.3) is 6.43 Å². The van der Waals surface area contributed by atoms with E-state index in [-0.39, 0.29) is 16.8 Å². The number of carbonyl (C=O) groups excluding carboxylic acids is 1. The lowest BCUT2D eigenvalue weighted by molar-refractivity contribution is 0.141. The number of piperidine rings is 1. The molecule has 2 amide bonds. The van der Waals surface area contributed by atoms with Gasteiger partial charge in [0.2, 0.25) is 0 Å². The molecule has 158 valence electrons. The van der Waals surface area contributed by atoms with Crippen molar-refractivity contribution in [3.8, 4) is 0 Å². The largest absolute Gasteiger partial charge is 0.611 e. The van der Waals surface area contributed by atoms with E-state index in [4.69, 9.17) is 0 Å². The maximum Gasteiger partial charge on any atom is 0.321 e. The fourth-order valence-corrected chi connectivity index (χ4v) is 5.23. The quantitative estimate of drug-likeness (QED) is 0.741. The van der Waals surface area contributed by atoms with Crippen LogP contribution in [0, 0.1) is 5.92 Å². The molecule has 11 heteroatoms. The van der Waals surface area contributed by atoms with Gasteiger partial charge in [-0.3, -0.25) is 4.68 Å². The fraction of sp³-hybridized carbons (Fsp3) is 0.556. The Morgan fingerprint density at radius 3 is 2.62 bits per heavy atom. The van der Waals surface area contributed by atoms with Crippen LogP contribution in [-0.4, -0.2) is 53.3 Å². The highest BCUT2D eigenvalue weighted by Gasteiger charge is 2.45. The number of halogens is 2. The van der Waals surface area contributed by atoms with E-state index < -0.39 is 28.0 Å². The highest BCUT2D eigenvalue weighted by Crippen LogP contribution is 2.40. The van der Waals surface area contributed by atoms with Gasteiger partial charge in [-0.25, -0.2) is 13.6 Å². The number of nitrogens with one attached hydrogen (secondary N) is 1. The SMILES string of the molecule is Cn1cc([S+]([O-])C(C)(C)C2CCN(C(=O)Nc3ccnnc3)CC2)c(C(F)F)n1. The van der Waals surface area contributed by atoms with Crippen molar-refractivity contribution in [1.82, 2.24) is 24.9 Å². The summed E-state index contributed by atoms with van der Waals surface area (Å²) in [5, 5.41) is 13.9. The van der Waals surface area contributed by atoms with Gasteiger partial charge in [0, 0.05) is 26.1 Å². The number of aromatic nitrogens is 4. The van der Waals surface area contributed by atoms with E-state index in [2.05, 4.69) is 20.6 Å². The number of nitrogens with zero attached hydrogens (tertiary/aromatic N) is 5. The number of urea groups is 1. The van der Waals surface area contributed by atoms with Gasteiger partial charge in [0.1, 0.15) is 4.75 Å². The van der Waals surface area contributed by atoms with Crippen molar-refractivity contribution < 1.29 is 18.1 Å². The van der Waals surface area contributed by atoms with E-state index >= 15 is 0 Å². The van der Waals surface area contributed by atoms with Crippen molar-refractivity contribution in [1.29, 1.82) is 0 Å². The molecule has 1 fully saturated rings. The van der Waals surface area contributed by atoms with Gasteiger partial charge >= 0.3 is 6.03 Å². The molecule has 0 saturated carbocycles. The average molecular weight is 426 g/mol. The minimum absolute atomic E-state index is 0.0145. The second-order valence-electron chi connectivity index (χ2n) is 7.55. The highest BCUT2D eigenvalue weighted by atomic mass is 32.2. The van der Waals surface area contributed by atoms with Gasteiger partial charge in [-0.05, 0) is 43.9 Å². The molecule has 1 aliphatic rings. The molecule has 0 radical (unpaired) electrons. The molecule has 0 aliphatic carbocycles. The van der Waals surface area contributed by atoms with Crippen LogP contribution in [0.5, 0.6) is 0 Å². The molecule has 1 aliphatic heterocycles. The zero-order valence-corrected chi connectivity index (χ0v) is 17.3. The Hall–Kier alpha value is -2.27. The van der Waals surface area contributed by atoms with Crippen LogP contribution < -0.4 is 5.32 Å². The Labute approximate surface area is 170 Å². The summed E-state index contributed by atoms with van der Waals surface area (Å²) >= 11 is -1.65.